The number of unbranched alkanes of at least 4 members (excludes halogenated alkanes) is 1. The molecule has 8 N–H and O–H groups in total. The standard InChI is InChI=1S/C38H48ClN9O5S/c1-23-10-5-6-12-30(23)46-48(4)38(52)32(13-7-8-16-40)45-36(51)31(14-15-33(41)50)44-21-26-11-9-17-43-37(26)54-35-28(20-42-22-49)18-27(19-29(35)39)34-24(2)47-53-25(34)3/h5-6,9-12,17-19,22,31-32,44,46H,7-8,13-16,20-21,40H2,1-4H3,(H2,41,50)(H,42,49)(H,45,51)/t31-,32-/m0/s1. The van der Waals surface area contributed by atoms with E-state index in [1.54, 1.807) is 19.3 Å². The first-order valence-corrected chi connectivity index (χ1v) is 18.8. The number of carbonyl (C=O) groups is 4. The van der Waals surface area contributed by atoms with Gasteiger partial charge in [0.25, 0.3) is 5.91 Å². The van der Waals surface area contributed by atoms with Crippen LogP contribution in [0, 0.1) is 20.8 Å². The number of nitrogens with two attached hydrogens (primary N) is 2. The molecule has 4 rings (SSSR count). The fourth-order valence-electron chi connectivity index (χ4n) is 5.87. The Labute approximate surface area is 324 Å². The number of halogens is 1. The Kier molecular flexibility index (Phi) is 15.9. The molecule has 2 aromatic heterocycles. The number of likely N-dealkylation sites (N-methyl/N-ethyl adjacent to an activating group) is 1. The van der Waals surface area contributed by atoms with Gasteiger partial charge in [-0.15, -0.1) is 0 Å². The minimum absolute atomic E-state index is 0.0551. The third kappa shape index (κ3) is 11.5. The molecule has 16 heteroatoms. The molecule has 0 bridgehead atoms. The molecule has 0 saturated carbocycles. The van der Waals surface area contributed by atoms with E-state index in [9.17, 15) is 19.2 Å². The lowest BCUT2D eigenvalue weighted by Crippen LogP contribution is -2.54. The maximum Gasteiger partial charge on any atom is 0.263 e. The van der Waals surface area contributed by atoms with E-state index in [1.165, 1.54) is 16.8 Å². The molecular formula is C38H48ClN9O5S. The zero-order valence-electron chi connectivity index (χ0n) is 30.9. The number of amides is 4. The van der Waals surface area contributed by atoms with Gasteiger partial charge >= 0.3 is 0 Å². The molecule has 2 heterocycles. The highest BCUT2D eigenvalue weighted by Gasteiger charge is 2.28. The van der Waals surface area contributed by atoms with Crippen LogP contribution in [0.2, 0.25) is 5.02 Å². The monoisotopic (exact) mass is 777 g/mol. The van der Waals surface area contributed by atoms with Gasteiger partial charge in [0.05, 0.1) is 22.4 Å². The van der Waals surface area contributed by atoms with Crippen molar-refractivity contribution in [2.75, 3.05) is 19.0 Å². The molecule has 54 heavy (non-hydrogen) atoms. The van der Waals surface area contributed by atoms with E-state index in [0.717, 1.165) is 33.5 Å². The van der Waals surface area contributed by atoms with E-state index in [2.05, 4.69) is 31.5 Å². The van der Waals surface area contributed by atoms with Gasteiger partial charge in [-0.2, -0.15) is 0 Å². The van der Waals surface area contributed by atoms with Crippen LogP contribution in [-0.2, 0) is 32.3 Å². The lowest BCUT2D eigenvalue weighted by molar-refractivity contribution is -0.135. The minimum Gasteiger partial charge on any atom is -0.370 e. The second-order valence-electron chi connectivity index (χ2n) is 12.8. The van der Waals surface area contributed by atoms with Crippen molar-refractivity contribution in [3.63, 3.8) is 0 Å². The summed E-state index contributed by atoms with van der Waals surface area (Å²) in [6.07, 6.45) is 3.98. The van der Waals surface area contributed by atoms with E-state index < -0.39 is 23.9 Å². The number of primary amides is 1. The van der Waals surface area contributed by atoms with Crippen LogP contribution in [0.15, 0.2) is 69.2 Å². The summed E-state index contributed by atoms with van der Waals surface area (Å²) in [6, 6.07) is 13.2. The largest absolute Gasteiger partial charge is 0.370 e. The van der Waals surface area contributed by atoms with Gasteiger partial charge in [0.15, 0.2) is 0 Å². The fraction of sp³-hybridized carbons (Fsp3) is 0.368. The molecule has 0 aliphatic heterocycles. The predicted molar refractivity (Wildman–Crippen MR) is 209 cm³/mol. The van der Waals surface area contributed by atoms with E-state index in [-0.39, 0.29) is 31.8 Å². The SMILES string of the molecule is Cc1ccccc1NN(C)C(=O)[C@H](CCCCN)NC(=O)[C@H](CCC(N)=O)NCc1cccnc1Sc1c(Cl)cc(-c2c(C)noc2C)cc1CNC=O. The molecule has 4 amide bonds. The van der Waals surface area contributed by atoms with Crippen LogP contribution in [0.25, 0.3) is 11.1 Å². The number of nitrogens with one attached hydrogen (secondary N) is 4. The maximum atomic E-state index is 13.9. The normalized spacial score (nSPS) is 12.1. The Morgan fingerprint density at radius 1 is 1.02 bits per heavy atom. The zero-order valence-corrected chi connectivity index (χ0v) is 32.5. The van der Waals surface area contributed by atoms with E-state index >= 15 is 0 Å². The number of anilines is 1. The lowest BCUT2D eigenvalue weighted by Gasteiger charge is -2.28. The Hall–Kier alpha value is -4.96. The third-order valence-electron chi connectivity index (χ3n) is 8.73. The number of hydrogen-bond donors (Lipinski definition) is 6. The van der Waals surface area contributed by atoms with Crippen LogP contribution in [0.1, 0.15) is 60.2 Å². The molecular weight excluding hydrogens is 730 g/mol. The highest BCUT2D eigenvalue weighted by atomic mass is 35.5. The number of pyridine rings is 1. The van der Waals surface area contributed by atoms with Gasteiger partial charge in [0.2, 0.25) is 18.2 Å². The van der Waals surface area contributed by atoms with E-state index in [0.29, 0.717) is 58.6 Å². The number of aromatic nitrogens is 2. The summed E-state index contributed by atoms with van der Waals surface area (Å²) in [5, 5.41) is 15.4. The van der Waals surface area contributed by atoms with Crippen molar-refractivity contribution in [2.45, 2.75) is 88.0 Å². The predicted octanol–water partition coefficient (Wildman–Crippen LogP) is 4.54. The molecule has 2 atom stereocenters. The first kappa shape index (κ1) is 41.8. The van der Waals surface area contributed by atoms with Crippen molar-refractivity contribution in [3.8, 4) is 11.1 Å². The van der Waals surface area contributed by atoms with Crippen molar-refractivity contribution < 1.29 is 23.7 Å². The molecule has 0 aliphatic carbocycles. The van der Waals surface area contributed by atoms with Gasteiger partial charge in [-0.3, -0.25) is 29.6 Å². The summed E-state index contributed by atoms with van der Waals surface area (Å²) in [6.45, 7) is 6.44. The molecule has 0 aliphatic rings. The summed E-state index contributed by atoms with van der Waals surface area (Å²) in [4.78, 5) is 56.0. The Morgan fingerprint density at radius 3 is 2.48 bits per heavy atom. The van der Waals surface area contributed by atoms with Gasteiger partial charge in [-0.1, -0.05) is 52.8 Å². The van der Waals surface area contributed by atoms with Crippen LogP contribution in [0.3, 0.4) is 0 Å². The summed E-state index contributed by atoms with van der Waals surface area (Å²) in [5.41, 5.74) is 19.9. The lowest BCUT2D eigenvalue weighted by atomic mass is 10.0. The topological polar surface area (TPSA) is 211 Å². The highest BCUT2D eigenvalue weighted by molar-refractivity contribution is 7.99. The van der Waals surface area contributed by atoms with E-state index in [4.69, 9.17) is 27.6 Å². The Morgan fingerprint density at radius 2 is 1.80 bits per heavy atom. The van der Waals surface area contributed by atoms with Crippen LogP contribution in [0.5, 0.6) is 0 Å². The number of carbonyl (C=O) groups excluding carboxylic acids is 4. The van der Waals surface area contributed by atoms with Gasteiger partial charge in [-0.25, -0.2) is 4.98 Å². The third-order valence-corrected chi connectivity index (χ3v) is 10.4. The van der Waals surface area contributed by atoms with Crippen molar-refractivity contribution in [2.24, 2.45) is 11.5 Å². The number of hydrazine groups is 1. The van der Waals surface area contributed by atoms with Crippen molar-refractivity contribution in [1.29, 1.82) is 0 Å². The molecule has 0 spiro atoms. The number of aryl methyl sites for hydroxylation is 3. The number of hydrogen-bond acceptors (Lipinski definition) is 11. The molecule has 288 valence electrons. The fourth-order valence-corrected chi connectivity index (χ4v) is 7.22. The molecule has 0 radical (unpaired) electrons. The second kappa shape index (κ2) is 20.5. The van der Waals surface area contributed by atoms with Crippen LogP contribution < -0.4 is 32.8 Å². The molecule has 4 aromatic rings. The van der Waals surface area contributed by atoms with Gasteiger partial charge in [0.1, 0.15) is 16.8 Å². The van der Waals surface area contributed by atoms with Gasteiger partial charge in [-0.05, 0) is 99.5 Å². The molecule has 0 saturated heterocycles. The summed E-state index contributed by atoms with van der Waals surface area (Å²) < 4.78 is 5.37. The van der Waals surface area contributed by atoms with Crippen molar-refractivity contribution in [1.82, 2.24) is 31.1 Å². The number of rotatable bonds is 21. The smallest absolute Gasteiger partial charge is 0.263 e. The maximum absolute atomic E-state index is 13.9. The molecule has 0 unspecified atom stereocenters. The Balaban J connectivity index is 1.55. The summed E-state index contributed by atoms with van der Waals surface area (Å²) in [7, 11) is 1.61. The number of benzene rings is 2. The first-order valence-electron chi connectivity index (χ1n) is 17.6. The van der Waals surface area contributed by atoms with Crippen molar-refractivity contribution >= 4 is 53.2 Å². The average molecular weight is 778 g/mol. The molecule has 2 aromatic carbocycles. The summed E-state index contributed by atoms with van der Waals surface area (Å²) >= 11 is 8.22. The second-order valence-corrected chi connectivity index (χ2v) is 14.2. The molecule has 14 nitrogen and oxygen atoms in total. The van der Waals surface area contributed by atoms with Gasteiger partial charge in [0, 0.05) is 43.2 Å². The minimum atomic E-state index is -0.875. The zero-order chi connectivity index (χ0) is 39.2. The summed E-state index contributed by atoms with van der Waals surface area (Å²) in [5.74, 6) is -0.704. The Bertz CT molecular complexity index is 1900. The average Bonchev–Trinajstić information content (AvgIpc) is 3.49. The van der Waals surface area contributed by atoms with Crippen LogP contribution in [0.4, 0.5) is 5.69 Å². The van der Waals surface area contributed by atoms with Gasteiger partial charge < -0.3 is 31.9 Å². The first-order chi connectivity index (χ1) is 25.9. The van der Waals surface area contributed by atoms with E-state index in [1.807, 2.05) is 63.2 Å². The van der Waals surface area contributed by atoms with Crippen LogP contribution in [-0.4, -0.2) is 65.0 Å². The number of nitrogens with zero attached hydrogens (tertiary/aromatic N) is 3. The molecule has 0 fully saturated rings. The van der Waals surface area contributed by atoms with Crippen LogP contribution >= 0.6 is 23.4 Å². The number of para-hydroxylation sites is 1. The van der Waals surface area contributed by atoms with Crippen molar-refractivity contribution in [3.05, 3.63) is 87.9 Å². The quantitative estimate of drug-likeness (QED) is 0.0393. The highest BCUT2D eigenvalue weighted by Crippen LogP contribution is 2.40.